The van der Waals surface area contributed by atoms with E-state index in [1.54, 1.807) is 5.06 Å². The first kappa shape index (κ1) is 20.4. The fourth-order valence-corrected chi connectivity index (χ4v) is 3.92. The molecule has 0 saturated carbocycles. The highest BCUT2D eigenvalue weighted by molar-refractivity contribution is 5.85. The number of hydroxylamine groups is 3. The summed E-state index contributed by atoms with van der Waals surface area (Å²) in [4.78, 5) is 23.9. The van der Waals surface area contributed by atoms with E-state index in [9.17, 15) is 4.79 Å². The van der Waals surface area contributed by atoms with Crippen LogP contribution in [0.25, 0.3) is 5.70 Å². The first-order valence-corrected chi connectivity index (χ1v) is 10.5. The van der Waals surface area contributed by atoms with Crippen molar-refractivity contribution >= 4 is 17.5 Å². The third kappa shape index (κ3) is 4.50. The molecule has 158 valence electrons. The lowest BCUT2D eigenvalue weighted by molar-refractivity contribution is -0.153. The summed E-state index contributed by atoms with van der Waals surface area (Å²) in [5.74, 6) is 0.317. The average molecular weight is 408 g/mol. The van der Waals surface area contributed by atoms with Gasteiger partial charge in [-0.1, -0.05) is 61.9 Å². The molecule has 0 bridgehead atoms. The molecule has 2 aromatic rings. The second kappa shape index (κ2) is 8.50. The zero-order valence-electron chi connectivity index (χ0n) is 17.8. The van der Waals surface area contributed by atoms with Gasteiger partial charge in [0.2, 0.25) is 0 Å². The number of piperidine rings is 1. The van der Waals surface area contributed by atoms with Gasteiger partial charge in [0.15, 0.2) is 0 Å². The molecule has 2 aliphatic heterocycles. The highest BCUT2D eigenvalue weighted by Crippen LogP contribution is 2.35. The molecular formula is C24H29N3O3. The van der Waals surface area contributed by atoms with Gasteiger partial charge in [-0.05, 0) is 49.0 Å². The van der Waals surface area contributed by atoms with E-state index < -0.39 is 6.09 Å². The molecule has 6 nitrogen and oxygen atoms in total. The van der Waals surface area contributed by atoms with Crippen LogP contribution in [0, 0.1) is 6.92 Å². The zero-order valence-corrected chi connectivity index (χ0v) is 17.8. The fourth-order valence-electron chi connectivity index (χ4n) is 3.92. The number of para-hydroxylation sites is 1. The maximum atomic E-state index is 12.4. The monoisotopic (exact) mass is 407 g/mol. The van der Waals surface area contributed by atoms with Crippen molar-refractivity contribution in [1.82, 2.24) is 10.5 Å². The molecule has 1 spiro atoms. The molecular weight excluding hydrogens is 378 g/mol. The van der Waals surface area contributed by atoms with Crippen LogP contribution in [-0.2, 0) is 9.68 Å². The number of nitrogens with zero attached hydrogens (tertiary/aromatic N) is 1. The zero-order chi connectivity index (χ0) is 21.1. The molecule has 2 heterocycles. The Bertz CT molecular complexity index is 929. The van der Waals surface area contributed by atoms with Crippen LogP contribution in [0.2, 0.25) is 0 Å². The molecule has 0 aromatic heterocycles. The number of benzene rings is 2. The number of carbonyl (C=O) groups excluding carboxylic acids is 1. The van der Waals surface area contributed by atoms with Crippen molar-refractivity contribution < 1.29 is 14.5 Å². The number of nitrogens with one attached hydrogen (secondary N) is 2. The predicted octanol–water partition coefficient (Wildman–Crippen LogP) is 4.99. The summed E-state index contributed by atoms with van der Waals surface area (Å²) < 4.78 is 0. The highest BCUT2D eigenvalue weighted by Gasteiger charge is 2.39. The van der Waals surface area contributed by atoms with E-state index in [4.69, 9.17) is 9.68 Å². The van der Waals surface area contributed by atoms with E-state index >= 15 is 0 Å². The molecule has 30 heavy (non-hydrogen) atoms. The molecule has 1 saturated heterocycles. The van der Waals surface area contributed by atoms with E-state index in [0.717, 1.165) is 35.4 Å². The largest absolute Gasteiger partial charge is 0.430 e. The Balaban J connectivity index is 1.33. The summed E-state index contributed by atoms with van der Waals surface area (Å²) in [6, 6.07) is 16.2. The van der Waals surface area contributed by atoms with Crippen molar-refractivity contribution in [2.45, 2.75) is 45.1 Å². The number of carbonyl (C=O) groups is 1. The van der Waals surface area contributed by atoms with E-state index in [1.807, 2.05) is 24.3 Å². The summed E-state index contributed by atoms with van der Waals surface area (Å²) in [5.41, 5.74) is 7.93. The van der Waals surface area contributed by atoms with Crippen LogP contribution in [0.1, 0.15) is 49.3 Å². The molecule has 2 aliphatic rings. The van der Waals surface area contributed by atoms with Gasteiger partial charge in [0, 0.05) is 18.8 Å². The lowest BCUT2D eigenvalue weighted by Crippen LogP contribution is -2.45. The first-order valence-electron chi connectivity index (χ1n) is 10.5. The maximum Gasteiger partial charge on any atom is 0.430 e. The number of amides is 1. The second-order valence-electron chi connectivity index (χ2n) is 8.37. The van der Waals surface area contributed by atoms with Gasteiger partial charge in [-0.15, -0.1) is 5.06 Å². The van der Waals surface area contributed by atoms with Crippen molar-refractivity contribution in [1.29, 1.82) is 0 Å². The van der Waals surface area contributed by atoms with Crippen molar-refractivity contribution in [2.75, 3.05) is 18.4 Å². The molecule has 0 radical (unpaired) electrons. The topological polar surface area (TPSA) is 62.8 Å². The Labute approximate surface area is 177 Å². The van der Waals surface area contributed by atoms with Crippen LogP contribution in [0.5, 0.6) is 0 Å². The standard InChI is InChI=1S/C24H29N3O3/c1-17(2)20-6-4-5-7-21(20)25-23(28)29-27-14-12-24(13-15-27)16-22(26-30-24)19-10-8-18(3)9-11-19/h4-11,16-17,26H,12-15H2,1-3H3,(H,25,28). The Kier molecular flexibility index (Phi) is 5.79. The van der Waals surface area contributed by atoms with Crippen molar-refractivity contribution in [2.24, 2.45) is 0 Å². The molecule has 1 amide bonds. The third-order valence-corrected chi connectivity index (χ3v) is 5.73. The Morgan fingerprint density at radius 3 is 2.53 bits per heavy atom. The van der Waals surface area contributed by atoms with E-state index in [1.165, 1.54) is 5.56 Å². The summed E-state index contributed by atoms with van der Waals surface area (Å²) in [6.45, 7) is 7.50. The van der Waals surface area contributed by atoms with Gasteiger partial charge >= 0.3 is 6.09 Å². The van der Waals surface area contributed by atoms with Crippen molar-refractivity contribution in [3.05, 3.63) is 71.3 Å². The summed E-state index contributed by atoms with van der Waals surface area (Å²) in [6.07, 6.45) is 3.19. The number of anilines is 1. The van der Waals surface area contributed by atoms with Gasteiger partial charge in [-0.25, -0.2) is 4.79 Å². The van der Waals surface area contributed by atoms with Crippen LogP contribution in [-0.4, -0.2) is 29.8 Å². The molecule has 4 rings (SSSR count). The minimum absolute atomic E-state index is 0.317. The number of hydrogen-bond donors (Lipinski definition) is 2. The first-order chi connectivity index (χ1) is 14.4. The average Bonchev–Trinajstić information content (AvgIpc) is 3.14. The Hall–Kier alpha value is -2.83. The van der Waals surface area contributed by atoms with Crippen LogP contribution in [0.3, 0.4) is 0 Å². The normalized spacial score (nSPS) is 18.2. The lowest BCUT2D eigenvalue weighted by Gasteiger charge is -2.35. The molecule has 0 unspecified atom stereocenters. The van der Waals surface area contributed by atoms with E-state index in [2.05, 4.69) is 61.9 Å². The summed E-state index contributed by atoms with van der Waals surface area (Å²) >= 11 is 0. The highest BCUT2D eigenvalue weighted by atomic mass is 16.7. The minimum Gasteiger partial charge on any atom is -0.351 e. The number of rotatable bonds is 4. The molecule has 6 heteroatoms. The molecule has 2 aromatic carbocycles. The van der Waals surface area contributed by atoms with Gasteiger partial charge in [-0.2, -0.15) is 0 Å². The minimum atomic E-state index is -0.458. The molecule has 0 atom stereocenters. The molecule has 0 aliphatic carbocycles. The van der Waals surface area contributed by atoms with E-state index in [0.29, 0.717) is 19.0 Å². The van der Waals surface area contributed by atoms with Crippen molar-refractivity contribution in [3.63, 3.8) is 0 Å². The second-order valence-corrected chi connectivity index (χ2v) is 8.37. The van der Waals surface area contributed by atoms with Gasteiger partial charge in [0.1, 0.15) is 5.60 Å². The molecule has 1 fully saturated rings. The lowest BCUT2D eigenvalue weighted by atomic mass is 9.91. The third-order valence-electron chi connectivity index (χ3n) is 5.73. The van der Waals surface area contributed by atoms with Crippen LogP contribution in [0.15, 0.2) is 54.6 Å². The quantitative estimate of drug-likeness (QED) is 0.747. The van der Waals surface area contributed by atoms with Gasteiger partial charge in [0.25, 0.3) is 0 Å². The number of aryl methyl sites for hydroxylation is 1. The molecule has 2 N–H and O–H groups in total. The SMILES string of the molecule is Cc1ccc(C2=CC3(CCN(OC(=O)Nc4ccccc4C(C)C)CC3)ON2)cc1. The van der Waals surface area contributed by atoms with Crippen LogP contribution >= 0.6 is 0 Å². The Morgan fingerprint density at radius 1 is 1.13 bits per heavy atom. The number of hydrogen-bond acceptors (Lipinski definition) is 5. The smallest absolute Gasteiger partial charge is 0.351 e. The summed E-state index contributed by atoms with van der Waals surface area (Å²) in [7, 11) is 0. The van der Waals surface area contributed by atoms with Crippen LogP contribution in [0.4, 0.5) is 10.5 Å². The van der Waals surface area contributed by atoms with Gasteiger partial charge in [0.05, 0.1) is 5.70 Å². The fraction of sp³-hybridized carbons (Fsp3) is 0.375. The van der Waals surface area contributed by atoms with Gasteiger partial charge < -0.3 is 4.84 Å². The predicted molar refractivity (Wildman–Crippen MR) is 118 cm³/mol. The van der Waals surface area contributed by atoms with Gasteiger partial charge in [-0.3, -0.25) is 15.6 Å². The van der Waals surface area contributed by atoms with Crippen molar-refractivity contribution in [3.8, 4) is 0 Å². The maximum absolute atomic E-state index is 12.4. The van der Waals surface area contributed by atoms with E-state index in [-0.39, 0.29) is 5.60 Å². The Morgan fingerprint density at radius 2 is 1.83 bits per heavy atom. The van der Waals surface area contributed by atoms with Crippen LogP contribution < -0.4 is 10.8 Å². The summed E-state index contributed by atoms with van der Waals surface area (Å²) in [5, 5.41) is 4.58.